The molecule has 0 saturated carbocycles. The van der Waals surface area contributed by atoms with E-state index < -0.39 is 4.92 Å². The molecule has 0 unspecified atom stereocenters. The number of hydrogen-bond donors (Lipinski definition) is 3. The Morgan fingerprint density at radius 2 is 2.13 bits per heavy atom. The Hall–Kier alpha value is -2.74. The van der Waals surface area contributed by atoms with Crippen LogP contribution in [-0.2, 0) is 19.4 Å². The fourth-order valence-electron chi connectivity index (χ4n) is 2.60. The van der Waals surface area contributed by atoms with Gasteiger partial charge in [-0.3, -0.25) is 20.0 Å². The fraction of sp³-hybridized carbons (Fsp3) is 0.333. The molecule has 0 bridgehead atoms. The van der Waals surface area contributed by atoms with Gasteiger partial charge in [0.15, 0.2) is 5.69 Å². The molecule has 3 rings (SSSR count). The van der Waals surface area contributed by atoms with Crippen LogP contribution in [0.3, 0.4) is 0 Å². The maximum Gasteiger partial charge on any atom is 0.272 e. The van der Waals surface area contributed by atoms with Crippen molar-refractivity contribution >= 4 is 11.6 Å². The molecule has 120 valence electrons. The summed E-state index contributed by atoms with van der Waals surface area (Å²) in [7, 11) is 0. The van der Waals surface area contributed by atoms with E-state index in [2.05, 4.69) is 20.8 Å². The number of nitrogens with one attached hydrogen (secondary N) is 3. The van der Waals surface area contributed by atoms with Crippen molar-refractivity contribution in [2.24, 2.45) is 0 Å². The first-order chi connectivity index (χ1) is 11.1. The number of hydrogen-bond acceptors (Lipinski definition) is 5. The van der Waals surface area contributed by atoms with Crippen molar-refractivity contribution in [1.82, 2.24) is 20.8 Å². The zero-order valence-electron chi connectivity index (χ0n) is 12.5. The van der Waals surface area contributed by atoms with Gasteiger partial charge < -0.3 is 10.6 Å². The van der Waals surface area contributed by atoms with Gasteiger partial charge in [-0.15, -0.1) is 0 Å². The predicted octanol–water partition coefficient (Wildman–Crippen LogP) is 0.936. The maximum absolute atomic E-state index is 12.2. The van der Waals surface area contributed by atoms with Crippen LogP contribution in [0, 0.1) is 10.1 Å². The summed E-state index contributed by atoms with van der Waals surface area (Å²) in [5, 5.41) is 23.7. The SMILES string of the molecule is O=C(NCCc1ccc([N+](=O)[O-])cc1)c1n[nH]c2c1CNCC2. The van der Waals surface area contributed by atoms with Gasteiger partial charge in [-0.05, 0) is 12.0 Å². The Kier molecular flexibility index (Phi) is 4.33. The molecule has 0 spiro atoms. The van der Waals surface area contributed by atoms with E-state index in [1.807, 2.05) is 0 Å². The quantitative estimate of drug-likeness (QED) is 0.561. The van der Waals surface area contributed by atoms with Gasteiger partial charge in [-0.25, -0.2) is 0 Å². The average molecular weight is 315 g/mol. The van der Waals surface area contributed by atoms with E-state index in [-0.39, 0.29) is 11.6 Å². The molecule has 0 radical (unpaired) electrons. The van der Waals surface area contributed by atoms with Gasteiger partial charge in [0.2, 0.25) is 0 Å². The van der Waals surface area contributed by atoms with E-state index in [4.69, 9.17) is 0 Å². The molecular formula is C15H17N5O3. The smallest absolute Gasteiger partial charge is 0.272 e. The topological polar surface area (TPSA) is 113 Å². The third-order valence-electron chi connectivity index (χ3n) is 3.87. The highest BCUT2D eigenvalue weighted by Crippen LogP contribution is 2.15. The van der Waals surface area contributed by atoms with Gasteiger partial charge in [0.05, 0.1) is 4.92 Å². The van der Waals surface area contributed by atoms with Crippen LogP contribution < -0.4 is 10.6 Å². The van der Waals surface area contributed by atoms with Crippen LogP contribution in [0.1, 0.15) is 27.3 Å². The number of nitro benzene ring substituents is 1. The lowest BCUT2D eigenvalue weighted by Crippen LogP contribution is -2.29. The number of fused-ring (bicyclic) bond motifs is 1. The fourth-order valence-corrected chi connectivity index (χ4v) is 2.60. The number of carbonyl (C=O) groups excluding carboxylic acids is 1. The second-order valence-corrected chi connectivity index (χ2v) is 5.39. The van der Waals surface area contributed by atoms with Crippen LogP contribution >= 0.6 is 0 Å². The third-order valence-corrected chi connectivity index (χ3v) is 3.87. The van der Waals surface area contributed by atoms with Crippen molar-refractivity contribution in [2.75, 3.05) is 13.1 Å². The monoisotopic (exact) mass is 315 g/mol. The Morgan fingerprint density at radius 3 is 2.87 bits per heavy atom. The number of benzene rings is 1. The summed E-state index contributed by atoms with van der Waals surface area (Å²) in [5.74, 6) is -0.201. The predicted molar refractivity (Wildman–Crippen MR) is 83.1 cm³/mol. The van der Waals surface area contributed by atoms with E-state index in [1.165, 1.54) is 12.1 Å². The number of amides is 1. The van der Waals surface area contributed by atoms with Gasteiger partial charge in [0.25, 0.3) is 11.6 Å². The second-order valence-electron chi connectivity index (χ2n) is 5.39. The molecule has 0 fully saturated rings. The number of aromatic nitrogens is 2. The first kappa shape index (κ1) is 15.2. The van der Waals surface area contributed by atoms with Crippen LogP contribution in [0.5, 0.6) is 0 Å². The van der Waals surface area contributed by atoms with Crippen LogP contribution in [0.25, 0.3) is 0 Å². The van der Waals surface area contributed by atoms with Crippen molar-refractivity contribution < 1.29 is 9.72 Å². The molecule has 2 heterocycles. The highest BCUT2D eigenvalue weighted by Gasteiger charge is 2.21. The molecule has 1 aromatic heterocycles. The summed E-state index contributed by atoms with van der Waals surface area (Å²) in [6.07, 6.45) is 1.45. The number of non-ortho nitro benzene ring substituents is 1. The van der Waals surface area contributed by atoms with Crippen LogP contribution in [0.15, 0.2) is 24.3 Å². The van der Waals surface area contributed by atoms with Crippen molar-refractivity contribution in [3.8, 4) is 0 Å². The van der Waals surface area contributed by atoms with Crippen molar-refractivity contribution in [2.45, 2.75) is 19.4 Å². The van der Waals surface area contributed by atoms with E-state index in [9.17, 15) is 14.9 Å². The van der Waals surface area contributed by atoms with Gasteiger partial charge >= 0.3 is 0 Å². The summed E-state index contributed by atoms with van der Waals surface area (Å²) in [6, 6.07) is 6.33. The normalized spacial score (nSPS) is 13.4. The number of rotatable bonds is 5. The number of aromatic amines is 1. The first-order valence-electron chi connectivity index (χ1n) is 7.43. The summed E-state index contributed by atoms with van der Waals surface area (Å²) in [4.78, 5) is 22.4. The maximum atomic E-state index is 12.2. The lowest BCUT2D eigenvalue weighted by atomic mass is 10.1. The van der Waals surface area contributed by atoms with Gasteiger partial charge in [0, 0.05) is 49.4 Å². The molecule has 0 saturated heterocycles. The Bertz CT molecular complexity index is 723. The summed E-state index contributed by atoms with van der Waals surface area (Å²) in [6.45, 7) is 1.99. The number of H-pyrrole nitrogens is 1. The highest BCUT2D eigenvalue weighted by atomic mass is 16.6. The van der Waals surface area contributed by atoms with E-state index >= 15 is 0 Å². The molecular weight excluding hydrogens is 298 g/mol. The molecule has 23 heavy (non-hydrogen) atoms. The Morgan fingerprint density at radius 1 is 1.35 bits per heavy atom. The van der Waals surface area contributed by atoms with Crippen LogP contribution in [0.2, 0.25) is 0 Å². The van der Waals surface area contributed by atoms with E-state index in [0.717, 1.165) is 29.8 Å². The lowest BCUT2D eigenvalue weighted by Gasteiger charge is -2.12. The largest absolute Gasteiger partial charge is 0.350 e. The third kappa shape index (κ3) is 3.37. The number of nitro groups is 1. The molecule has 3 N–H and O–H groups in total. The number of nitrogens with zero attached hydrogens (tertiary/aromatic N) is 2. The molecule has 0 atom stereocenters. The minimum absolute atomic E-state index is 0.0634. The molecule has 1 amide bonds. The molecule has 1 aliphatic heterocycles. The molecule has 8 heteroatoms. The van der Waals surface area contributed by atoms with Crippen LogP contribution in [0.4, 0.5) is 5.69 Å². The standard InChI is InChI=1S/C15H17N5O3/c21-15(14-12-9-16-7-6-13(12)18-19-14)17-8-5-10-1-3-11(4-2-10)20(22)23/h1-4,16H,5-9H2,(H,17,21)(H,18,19). The number of carbonyl (C=O) groups is 1. The molecule has 2 aromatic rings. The second kappa shape index (κ2) is 6.57. The highest BCUT2D eigenvalue weighted by molar-refractivity contribution is 5.94. The molecule has 8 nitrogen and oxygen atoms in total. The Balaban J connectivity index is 1.55. The van der Waals surface area contributed by atoms with Crippen LogP contribution in [-0.4, -0.2) is 34.1 Å². The zero-order valence-corrected chi connectivity index (χ0v) is 12.5. The molecule has 1 aliphatic rings. The van der Waals surface area contributed by atoms with Gasteiger partial charge in [-0.2, -0.15) is 5.10 Å². The van der Waals surface area contributed by atoms with Crippen molar-refractivity contribution in [1.29, 1.82) is 0 Å². The lowest BCUT2D eigenvalue weighted by molar-refractivity contribution is -0.384. The molecule has 0 aliphatic carbocycles. The van der Waals surface area contributed by atoms with E-state index in [0.29, 0.717) is 25.2 Å². The van der Waals surface area contributed by atoms with Gasteiger partial charge in [-0.1, -0.05) is 12.1 Å². The Labute approximate surface area is 132 Å². The van der Waals surface area contributed by atoms with Gasteiger partial charge in [0.1, 0.15) is 0 Å². The van der Waals surface area contributed by atoms with E-state index in [1.54, 1.807) is 12.1 Å². The summed E-state index contributed by atoms with van der Waals surface area (Å²) in [5.41, 5.74) is 3.39. The van der Waals surface area contributed by atoms with Crippen molar-refractivity contribution in [3.05, 3.63) is 56.9 Å². The minimum Gasteiger partial charge on any atom is -0.350 e. The van der Waals surface area contributed by atoms with Crippen molar-refractivity contribution in [3.63, 3.8) is 0 Å². The molecule has 1 aromatic carbocycles. The first-order valence-corrected chi connectivity index (χ1v) is 7.43. The minimum atomic E-state index is -0.430. The zero-order chi connectivity index (χ0) is 16.2. The summed E-state index contributed by atoms with van der Waals surface area (Å²) < 4.78 is 0. The summed E-state index contributed by atoms with van der Waals surface area (Å²) >= 11 is 0. The average Bonchev–Trinajstić information content (AvgIpc) is 2.99.